The molecule has 2 rings (SSSR count). The van der Waals surface area contributed by atoms with E-state index in [0.717, 1.165) is 26.8 Å². The summed E-state index contributed by atoms with van der Waals surface area (Å²) in [5, 5.41) is 12.6. The predicted octanol–water partition coefficient (Wildman–Crippen LogP) is 2.58. The largest absolute Gasteiger partial charge is 0.387 e. The Morgan fingerprint density at radius 3 is 2.52 bits per heavy atom. The molecule has 0 saturated carbocycles. The van der Waals surface area contributed by atoms with E-state index in [1.165, 1.54) is 26.4 Å². The SMILES string of the molecule is CCC(C)(C)Cc1cn(S(=O)(=O)N(C)C)c(CCC(=O)NCC(O)c2ccc(F)c(F)c2)n1. The summed E-state index contributed by atoms with van der Waals surface area (Å²) in [7, 11) is -0.981. The molecule has 1 aromatic carbocycles. The molecular weight excluding hydrogens is 454 g/mol. The van der Waals surface area contributed by atoms with E-state index >= 15 is 0 Å². The molecule has 0 aliphatic carbocycles. The summed E-state index contributed by atoms with van der Waals surface area (Å²) in [6, 6.07) is 3.00. The highest BCUT2D eigenvalue weighted by Gasteiger charge is 2.25. The molecule has 2 aromatic rings. The number of hydrogen-bond donors (Lipinski definition) is 2. The Balaban J connectivity index is 2.08. The van der Waals surface area contributed by atoms with Crippen molar-refractivity contribution in [2.75, 3.05) is 20.6 Å². The van der Waals surface area contributed by atoms with Crippen LogP contribution in [0.25, 0.3) is 0 Å². The third-order valence-corrected chi connectivity index (χ3v) is 7.25. The van der Waals surface area contributed by atoms with Gasteiger partial charge in [0.15, 0.2) is 11.6 Å². The van der Waals surface area contributed by atoms with Crippen LogP contribution in [0.3, 0.4) is 0 Å². The summed E-state index contributed by atoms with van der Waals surface area (Å²) in [6.45, 7) is 5.98. The zero-order valence-electron chi connectivity index (χ0n) is 19.6. The second kappa shape index (κ2) is 10.7. The Bertz CT molecular complexity index is 1080. The maximum atomic E-state index is 13.3. The molecule has 0 spiro atoms. The van der Waals surface area contributed by atoms with E-state index in [1.807, 2.05) is 6.92 Å². The van der Waals surface area contributed by atoms with Crippen molar-refractivity contribution in [3.63, 3.8) is 0 Å². The summed E-state index contributed by atoms with van der Waals surface area (Å²) in [4.78, 5) is 16.8. The van der Waals surface area contributed by atoms with Crippen LogP contribution in [0, 0.1) is 17.0 Å². The van der Waals surface area contributed by atoms with Crippen LogP contribution in [-0.4, -0.2) is 53.3 Å². The normalized spacial score (nSPS) is 13.4. The average molecular weight is 487 g/mol. The maximum Gasteiger partial charge on any atom is 0.308 e. The van der Waals surface area contributed by atoms with E-state index in [2.05, 4.69) is 24.1 Å². The Morgan fingerprint density at radius 1 is 1.27 bits per heavy atom. The minimum absolute atomic E-state index is 0.0622. The van der Waals surface area contributed by atoms with Gasteiger partial charge in [-0.05, 0) is 29.5 Å². The molecule has 0 fully saturated rings. The Hall–Kier alpha value is -2.37. The van der Waals surface area contributed by atoms with Crippen LogP contribution in [0.15, 0.2) is 24.4 Å². The first kappa shape index (κ1) is 26.9. The summed E-state index contributed by atoms with van der Waals surface area (Å²) in [5.41, 5.74) is 0.688. The number of rotatable bonds is 11. The van der Waals surface area contributed by atoms with Gasteiger partial charge in [-0.2, -0.15) is 12.7 Å². The molecular formula is C22H32F2N4O4S. The molecule has 1 aromatic heterocycles. The molecule has 33 heavy (non-hydrogen) atoms. The highest BCUT2D eigenvalue weighted by Crippen LogP contribution is 2.26. The lowest BCUT2D eigenvalue weighted by atomic mass is 9.85. The fourth-order valence-corrected chi connectivity index (χ4v) is 4.06. The van der Waals surface area contributed by atoms with Gasteiger partial charge in [0.05, 0.1) is 11.8 Å². The number of carbonyl (C=O) groups is 1. The van der Waals surface area contributed by atoms with Crippen LogP contribution in [0.4, 0.5) is 8.78 Å². The van der Waals surface area contributed by atoms with Gasteiger partial charge in [0.2, 0.25) is 5.91 Å². The molecule has 1 amide bonds. The van der Waals surface area contributed by atoms with Crippen molar-refractivity contribution in [1.82, 2.24) is 18.6 Å². The lowest BCUT2D eigenvalue weighted by molar-refractivity contribution is -0.121. The molecule has 8 nitrogen and oxygen atoms in total. The molecule has 11 heteroatoms. The fraction of sp³-hybridized carbons (Fsp3) is 0.545. The molecule has 0 saturated heterocycles. The molecule has 184 valence electrons. The molecule has 0 aliphatic heterocycles. The molecule has 1 atom stereocenters. The topological polar surface area (TPSA) is 105 Å². The zero-order chi connectivity index (χ0) is 25.0. The highest BCUT2D eigenvalue weighted by molar-refractivity contribution is 7.87. The smallest absolute Gasteiger partial charge is 0.308 e. The van der Waals surface area contributed by atoms with Crippen molar-refractivity contribution in [1.29, 1.82) is 0 Å². The maximum absolute atomic E-state index is 13.3. The average Bonchev–Trinajstić information content (AvgIpc) is 3.14. The van der Waals surface area contributed by atoms with Crippen LogP contribution in [0.1, 0.15) is 56.8 Å². The number of aryl methyl sites for hydroxylation is 1. The number of amides is 1. The Morgan fingerprint density at radius 2 is 1.94 bits per heavy atom. The first-order valence-corrected chi connectivity index (χ1v) is 12.1. The van der Waals surface area contributed by atoms with Crippen LogP contribution in [0.5, 0.6) is 0 Å². The van der Waals surface area contributed by atoms with E-state index in [1.54, 1.807) is 0 Å². The summed E-state index contributed by atoms with van der Waals surface area (Å²) < 4.78 is 54.0. The van der Waals surface area contributed by atoms with Crippen molar-refractivity contribution in [3.05, 3.63) is 53.1 Å². The molecule has 0 radical (unpaired) electrons. The third-order valence-electron chi connectivity index (χ3n) is 5.52. The van der Waals surface area contributed by atoms with Gasteiger partial charge >= 0.3 is 10.2 Å². The van der Waals surface area contributed by atoms with Crippen molar-refractivity contribution in [3.8, 4) is 0 Å². The number of nitrogens with zero attached hydrogens (tertiary/aromatic N) is 3. The van der Waals surface area contributed by atoms with Gasteiger partial charge in [0.1, 0.15) is 5.82 Å². The first-order valence-electron chi connectivity index (χ1n) is 10.7. The minimum Gasteiger partial charge on any atom is -0.387 e. The monoisotopic (exact) mass is 486 g/mol. The number of aliphatic hydroxyl groups is 1. The summed E-state index contributed by atoms with van der Waals surface area (Å²) in [6.07, 6.45) is 1.74. The second-order valence-corrected chi connectivity index (χ2v) is 10.9. The lowest BCUT2D eigenvalue weighted by Crippen LogP contribution is -2.31. The molecule has 1 unspecified atom stereocenters. The highest BCUT2D eigenvalue weighted by atomic mass is 32.2. The van der Waals surface area contributed by atoms with E-state index in [4.69, 9.17) is 0 Å². The van der Waals surface area contributed by atoms with Gasteiger partial charge in [0.25, 0.3) is 0 Å². The number of benzene rings is 1. The van der Waals surface area contributed by atoms with Gasteiger partial charge in [-0.15, -0.1) is 0 Å². The van der Waals surface area contributed by atoms with Crippen LogP contribution >= 0.6 is 0 Å². The third kappa shape index (κ3) is 7.05. The summed E-state index contributed by atoms with van der Waals surface area (Å²) in [5.74, 6) is -2.32. The zero-order valence-corrected chi connectivity index (χ0v) is 20.4. The van der Waals surface area contributed by atoms with Crippen molar-refractivity contribution < 1.29 is 27.1 Å². The van der Waals surface area contributed by atoms with Gasteiger partial charge in [-0.1, -0.05) is 33.3 Å². The van der Waals surface area contributed by atoms with Gasteiger partial charge < -0.3 is 10.4 Å². The number of aromatic nitrogens is 2. The number of carbonyl (C=O) groups excluding carboxylic acids is 1. The summed E-state index contributed by atoms with van der Waals surface area (Å²) >= 11 is 0. The molecule has 0 bridgehead atoms. The van der Waals surface area contributed by atoms with Gasteiger partial charge in [-0.3, -0.25) is 4.79 Å². The predicted molar refractivity (Wildman–Crippen MR) is 121 cm³/mol. The fourth-order valence-electron chi connectivity index (χ4n) is 3.06. The van der Waals surface area contributed by atoms with E-state index in [9.17, 15) is 27.1 Å². The van der Waals surface area contributed by atoms with Crippen LogP contribution < -0.4 is 5.32 Å². The van der Waals surface area contributed by atoms with Gasteiger partial charge in [-0.25, -0.2) is 17.7 Å². The number of aliphatic hydroxyl groups excluding tert-OH is 1. The molecule has 0 aliphatic rings. The molecule has 1 heterocycles. The Labute approximate surface area is 193 Å². The van der Waals surface area contributed by atoms with Gasteiger partial charge in [0, 0.05) is 39.7 Å². The van der Waals surface area contributed by atoms with E-state index < -0.39 is 33.9 Å². The minimum atomic E-state index is -3.82. The first-order chi connectivity index (χ1) is 15.3. The number of halogens is 2. The second-order valence-electron chi connectivity index (χ2n) is 8.92. The number of hydrogen-bond acceptors (Lipinski definition) is 5. The number of imidazole rings is 1. The quantitative estimate of drug-likeness (QED) is 0.508. The van der Waals surface area contributed by atoms with E-state index in [-0.39, 0.29) is 36.2 Å². The van der Waals surface area contributed by atoms with E-state index in [0.29, 0.717) is 12.1 Å². The Kier molecular flexibility index (Phi) is 8.72. The van der Waals surface area contributed by atoms with Crippen LogP contribution in [-0.2, 0) is 27.8 Å². The standard InChI is InChI=1S/C22H32F2N4O4S/c1-6-22(2,3)12-16-14-28(33(31,32)27(4)5)20(26-16)9-10-21(30)25-13-19(29)15-7-8-17(23)18(24)11-15/h7-8,11,14,19,29H,6,9-10,12-13H2,1-5H3,(H,25,30). The van der Waals surface area contributed by atoms with Crippen LogP contribution in [0.2, 0.25) is 0 Å². The van der Waals surface area contributed by atoms with Crippen molar-refractivity contribution >= 4 is 16.1 Å². The van der Waals surface area contributed by atoms with Crippen molar-refractivity contribution in [2.24, 2.45) is 5.41 Å². The van der Waals surface area contributed by atoms with Crippen molar-refractivity contribution in [2.45, 2.75) is 52.6 Å². The molecule has 2 N–H and O–H groups in total. The lowest BCUT2D eigenvalue weighted by Gasteiger charge is -2.20. The number of nitrogens with one attached hydrogen (secondary N) is 1.